The number of rotatable bonds is 2. The quantitative estimate of drug-likeness (QED) is 0.768. The van der Waals surface area contributed by atoms with Gasteiger partial charge in [-0.1, -0.05) is 0 Å². The fraction of sp³-hybridized carbons (Fsp3) is 0.933. The Kier molecular flexibility index (Phi) is 4.09. The van der Waals surface area contributed by atoms with Crippen LogP contribution in [0.4, 0.5) is 4.79 Å². The van der Waals surface area contributed by atoms with Gasteiger partial charge < -0.3 is 9.80 Å². The van der Waals surface area contributed by atoms with E-state index in [4.69, 9.17) is 0 Å². The van der Waals surface area contributed by atoms with Crippen LogP contribution in [-0.4, -0.2) is 65.0 Å². The van der Waals surface area contributed by atoms with Gasteiger partial charge in [0.05, 0.1) is 0 Å². The van der Waals surface area contributed by atoms with Crippen LogP contribution in [0.2, 0.25) is 0 Å². The van der Waals surface area contributed by atoms with Crippen molar-refractivity contribution in [1.82, 2.24) is 14.7 Å². The van der Waals surface area contributed by atoms with E-state index in [1.807, 2.05) is 11.9 Å². The Hall–Kier alpha value is -0.770. The van der Waals surface area contributed by atoms with Crippen LogP contribution in [0.25, 0.3) is 0 Å². The van der Waals surface area contributed by atoms with Gasteiger partial charge in [0.1, 0.15) is 0 Å². The molecule has 0 aromatic heterocycles. The number of amides is 2. The highest BCUT2D eigenvalue weighted by atomic mass is 16.2. The predicted molar refractivity (Wildman–Crippen MR) is 78.3 cm³/mol. The largest absolute Gasteiger partial charge is 0.325 e. The molecule has 2 aliphatic rings. The molecule has 0 aromatic carbocycles. The fourth-order valence-electron chi connectivity index (χ4n) is 3.20. The molecule has 110 valence electrons. The molecule has 0 atom stereocenters. The normalized spacial score (nSPS) is 23.0. The van der Waals surface area contributed by atoms with Gasteiger partial charge in [0.15, 0.2) is 0 Å². The van der Waals surface area contributed by atoms with Gasteiger partial charge in [0.25, 0.3) is 0 Å². The molecule has 1 saturated carbocycles. The van der Waals surface area contributed by atoms with Crippen molar-refractivity contribution in [3.63, 3.8) is 0 Å². The van der Waals surface area contributed by atoms with Crippen molar-refractivity contribution in [2.24, 2.45) is 0 Å². The molecule has 2 fully saturated rings. The first kappa shape index (κ1) is 14.6. The number of urea groups is 1. The van der Waals surface area contributed by atoms with Crippen molar-refractivity contribution in [2.75, 3.05) is 26.7 Å². The van der Waals surface area contributed by atoms with Gasteiger partial charge in [-0.3, -0.25) is 4.90 Å². The van der Waals surface area contributed by atoms with E-state index in [0.717, 1.165) is 26.1 Å². The molecule has 2 amide bonds. The van der Waals surface area contributed by atoms with Crippen molar-refractivity contribution in [3.05, 3.63) is 0 Å². The zero-order chi connectivity index (χ0) is 14.2. The molecule has 1 saturated heterocycles. The first-order valence-electron chi connectivity index (χ1n) is 7.66. The lowest BCUT2D eigenvalue weighted by Gasteiger charge is -2.36. The zero-order valence-electron chi connectivity index (χ0n) is 13.1. The van der Waals surface area contributed by atoms with Crippen LogP contribution in [0.15, 0.2) is 0 Å². The second-order valence-electron chi connectivity index (χ2n) is 6.77. The van der Waals surface area contributed by atoms with Gasteiger partial charge in [-0.15, -0.1) is 0 Å². The molecule has 19 heavy (non-hydrogen) atoms. The van der Waals surface area contributed by atoms with Crippen LogP contribution in [-0.2, 0) is 0 Å². The lowest BCUT2D eigenvalue weighted by atomic mass is 10.1. The van der Waals surface area contributed by atoms with Crippen molar-refractivity contribution >= 4 is 6.03 Å². The summed E-state index contributed by atoms with van der Waals surface area (Å²) in [5, 5.41) is 0. The number of nitrogens with zero attached hydrogens (tertiary/aromatic N) is 3. The summed E-state index contributed by atoms with van der Waals surface area (Å²) in [5.74, 6) is 0. The Bertz CT molecular complexity index is 336. The van der Waals surface area contributed by atoms with Crippen LogP contribution in [0.1, 0.15) is 47.0 Å². The summed E-state index contributed by atoms with van der Waals surface area (Å²) < 4.78 is 0. The standard InChI is InChI=1S/C15H29N3O/c1-12(2)16(5)14(19)17-9-6-10-18(13(3)4)15(11-17)7-8-15/h12-13H,6-11H2,1-5H3. The first-order valence-corrected chi connectivity index (χ1v) is 7.66. The lowest BCUT2D eigenvalue weighted by molar-refractivity contribution is 0.116. The maximum absolute atomic E-state index is 12.5. The lowest BCUT2D eigenvalue weighted by Crippen LogP contribution is -2.50. The molecule has 4 heteroatoms. The van der Waals surface area contributed by atoms with E-state index in [1.165, 1.54) is 12.8 Å². The predicted octanol–water partition coefficient (Wildman–Crippen LogP) is 2.40. The van der Waals surface area contributed by atoms with E-state index in [-0.39, 0.29) is 17.6 Å². The summed E-state index contributed by atoms with van der Waals surface area (Å²) in [4.78, 5) is 19.1. The number of hydrogen-bond donors (Lipinski definition) is 0. The summed E-state index contributed by atoms with van der Waals surface area (Å²) in [6, 6.07) is 1.05. The number of carbonyl (C=O) groups excluding carboxylic acids is 1. The van der Waals surface area contributed by atoms with Gasteiger partial charge in [-0.2, -0.15) is 0 Å². The van der Waals surface area contributed by atoms with E-state index in [9.17, 15) is 4.79 Å². The Morgan fingerprint density at radius 1 is 1.16 bits per heavy atom. The second-order valence-corrected chi connectivity index (χ2v) is 6.77. The average Bonchev–Trinajstić information content (AvgIpc) is 3.13. The summed E-state index contributed by atoms with van der Waals surface area (Å²) >= 11 is 0. The first-order chi connectivity index (χ1) is 8.87. The van der Waals surface area contributed by atoms with Gasteiger partial charge in [0.2, 0.25) is 0 Å². The minimum atomic E-state index is 0.201. The average molecular weight is 267 g/mol. The van der Waals surface area contributed by atoms with Crippen LogP contribution in [0.5, 0.6) is 0 Å². The Labute approximate surface area is 117 Å². The van der Waals surface area contributed by atoms with Crippen molar-refractivity contribution in [2.45, 2.75) is 64.6 Å². The smallest absolute Gasteiger partial charge is 0.320 e. The third-order valence-electron chi connectivity index (χ3n) is 4.72. The van der Waals surface area contributed by atoms with Gasteiger partial charge in [-0.05, 0) is 47.0 Å². The molecular formula is C15H29N3O. The zero-order valence-corrected chi connectivity index (χ0v) is 13.1. The molecule has 0 N–H and O–H groups in total. The summed E-state index contributed by atoms with van der Waals surface area (Å²) in [6.45, 7) is 11.6. The maximum atomic E-state index is 12.5. The van der Waals surface area contributed by atoms with E-state index in [0.29, 0.717) is 6.04 Å². The molecule has 4 nitrogen and oxygen atoms in total. The maximum Gasteiger partial charge on any atom is 0.320 e. The van der Waals surface area contributed by atoms with Gasteiger partial charge >= 0.3 is 6.03 Å². The molecule has 1 aliphatic heterocycles. The fourth-order valence-corrected chi connectivity index (χ4v) is 3.20. The van der Waals surface area contributed by atoms with Crippen LogP contribution in [0, 0.1) is 0 Å². The highest BCUT2D eigenvalue weighted by molar-refractivity contribution is 5.74. The number of hydrogen-bond acceptors (Lipinski definition) is 2. The topological polar surface area (TPSA) is 26.8 Å². The van der Waals surface area contributed by atoms with Crippen LogP contribution >= 0.6 is 0 Å². The highest BCUT2D eigenvalue weighted by Gasteiger charge is 2.51. The van der Waals surface area contributed by atoms with E-state index >= 15 is 0 Å². The Morgan fingerprint density at radius 2 is 1.79 bits per heavy atom. The van der Waals surface area contributed by atoms with Gasteiger partial charge in [0, 0.05) is 44.3 Å². The third-order valence-corrected chi connectivity index (χ3v) is 4.72. The molecule has 0 radical (unpaired) electrons. The van der Waals surface area contributed by atoms with E-state index in [2.05, 4.69) is 37.5 Å². The third kappa shape index (κ3) is 2.88. The SMILES string of the molecule is CC(C)N(C)C(=O)N1CCCN(C(C)C)C2(CC2)C1. The molecule has 1 heterocycles. The Morgan fingerprint density at radius 3 is 2.26 bits per heavy atom. The van der Waals surface area contributed by atoms with Gasteiger partial charge in [-0.25, -0.2) is 4.79 Å². The Balaban J connectivity index is 2.07. The van der Waals surface area contributed by atoms with Crippen molar-refractivity contribution < 1.29 is 4.79 Å². The molecule has 0 unspecified atom stereocenters. The molecule has 1 aliphatic carbocycles. The molecular weight excluding hydrogens is 238 g/mol. The monoisotopic (exact) mass is 267 g/mol. The molecule has 0 bridgehead atoms. The minimum absolute atomic E-state index is 0.201. The molecule has 2 rings (SSSR count). The number of carbonyl (C=O) groups is 1. The highest BCUT2D eigenvalue weighted by Crippen LogP contribution is 2.44. The summed E-state index contributed by atoms with van der Waals surface area (Å²) in [7, 11) is 1.91. The summed E-state index contributed by atoms with van der Waals surface area (Å²) in [6.07, 6.45) is 3.60. The van der Waals surface area contributed by atoms with E-state index in [1.54, 1.807) is 0 Å². The van der Waals surface area contributed by atoms with E-state index < -0.39 is 0 Å². The van der Waals surface area contributed by atoms with Crippen LogP contribution < -0.4 is 0 Å². The molecule has 1 spiro atoms. The van der Waals surface area contributed by atoms with Crippen molar-refractivity contribution in [1.29, 1.82) is 0 Å². The minimum Gasteiger partial charge on any atom is -0.325 e. The molecule has 0 aromatic rings. The van der Waals surface area contributed by atoms with Crippen LogP contribution in [0.3, 0.4) is 0 Å². The van der Waals surface area contributed by atoms with Crippen molar-refractivity contribution in [3.8, 4) is 0 Å². The summed E-state index contributed by atoms with van der Waals surface area (Å²) in [5.41, 5.74) is 0.290. The second kappa shape index (κ2) is 5.31.